The quantitative estimate of drug-likeness (QED) is 0.891. The topological polar surface area (TPSA) is 83.7 Å². The van der Waals surface area contributed by atoms with Gasteiger partial charge in [-0.2, -0.15) is 4.31 Å². The molecule has 0 aromatic heterocycles. The standard InChI is InChI=1S/C17H25N3O3S/c1-13(21)20-8-3-4-14-5-6-15(10-16(14)20)24(22,23)19-9-7-17(2,11-18)12-19/h5-6,10H,3-4,7-9,11-12,18H2,1-2H3. The number of carbonyl (C=O) groups is 1. The van der Waals surface area contributed by atoms with Gasteiger partial charge in [0.15, 0.2) is 0 Å². The van der Waals surface area contributed by atoms with Crippen molar-refractivity contribution in [2.75, 3.05) is 31.1 Å². The highest BCUT2D eigenvalue weighted by molar-refractivity contribution is 7.89. The summed E-state index contributed by atoms with van der Waals surface area (Å²) in [4.78, 5) is 13.8. The average molecular weight is 351 g/mol. The van der Waals surface area contributed by atoms with Crippen LogP contribution in [0.5, 0.6) is 0 Å². The second-order valence-electron chi connectivity index (χ2n) is 7.17. The molecule has 0 aliphatic carbocycles. The summed E-state index contributed by atoms with van der Waals surface area (Å²) < 4.78 is 27.5. The number of hydrogen-bond donors (Lipinski definition) is 1. The zero-order valence-electron chi connectivity index (χ0n) is 14.3. The third kappa shape index (κ3) is 2.96. The Balaban J connectivity index is 1.95. The number of aryl methyl sites for hydroxylation is 1. The zero-order valence-corrected chi connectivity index (χ0v) is 15.1. The molecule has 0 radical (unpaired) electrons. The number of fused-ring (bicyclic) bond motifs is 1. The highest BCUT2D eigenvalue weighted by Crippen LogP contribution is 2.35. The molecule has 1 aromatic carbocycles. The number of hydrogen-bond acceptors (Lipinski definition) is 4. The molecular weight excluding hydrogens is 326 g/mol. The molecule has 2 N–H and O–H groups in total. The van der Waals surface area contributed by atoms with Gasteiger partial charge in [0.2, 0.25) is 15.9 Å². The van der Waals surface area contributed by atoms with Crippen molar-refractivity contribution >= 4 is 21.6 Å². The molecular formula is C17H25N3O3S. The van der Waals surface area contributed by atoms with Crippen molar-refractivity contribution < 1.29 is 13.2 Å². The van der Waals surface area contributed by atoms with Gasteiger partial charge in [-0.1, -0.05) is 13.0 Å². The molecule has 0 spiro atoms. The van der Waals surface area contributed by atoms with Gasteiger partial charge in [-0.3, -0.25) is 4.79 Å². The maximum atomic E-state index is 13.0. The molecule has 0 saturated carbocycles. The van der Waals surface area contributed by atoms with Gasteiger partial charge in [0, 0.05) is 32.2 Å². The Bertz CT molecular complexity index is 762. The first-order chi connectivity index (χ1) is 11.3. The Kier molecular flexibility index (Phi) is 4.44. The lowest BCUT2D eigenvalue weighted by Gasteiger charge is -2.29. The first-order valence-corrected chi connectivity index (χ1v) is 9.82. The van der Waals surface area contributed by atoms with E-state index in [1.807, 2.05) is 13.0 Å². The Morgan fingerprint density at radius 1 is 1.33 bits per heavy atom. The van der Waals surface area contributed by atoms with Gasteiger partial charge in [-0.25, -0.2) is 8.42 Å². The molecule has 2 heterocycles. The number of carbonyl (C=O) groups excluding carboxylic acids is 1. The van der Waals surface area contributed by atoms with E-state index in [-0.39, 0.29) is 16.2 Å². The number of benzene rings is 1. The Morgan fingerprint density at radius 3 is 2.71 bits per heavy atom. The molecule has 1 unspecified atom stereocenters. The van der Waals surface area contributed by atoms with Gasteiger partial charge < -0.3 is 10.6 Å². The normalized spacial score (nSPS) is 24.9. The summed E-state index contributed by atoms with van der Waals surface area (Å²) >= 11 is 0. The number of amides is 1. The van der Waals surface area contributed by atoms with Crippen LogP contribution in [0, 0.1) is 5.41 Å². The van der Waals surface area contributed by atoms with E-state index < -0.39 is 10.0 Å². The summed E-state index contributed by atoms with van der Waals surface area (Å²) in [5, 5.41) is 0. The van der Waals surface area contributed by atoms with E-state index >= 15 is 0 Å². The van der Waals surface area contributed by atoms with Crippen molar-refractivity contribution in [3.63, 3.8) is 0 Å². The number of rotatable bonds is 3. The number of anilines is 1. The molecule has 2 aliphatic heterocycles. The van der Waals surface area contributed by atoms with Gasteiger partial charge in [-0.15, -0.1) is 0 Å². The van der Waals surface area contributed by atoms with Crippen molar-refractivity contribution in [3.05, 3.63) is 23.8 Å². The summed E-state index contributed by atoms with van der Waals surface area (Å²) in [6, 6.07) is 5.16. The highest BCUT2D eigenvalue weighted by Gasteiger charge is 2.39. The molecule has 1 atom stereocenters. The van der Waals surface area contributed by atoms with E-state index in [0.717, 1.165) is 30.5 Å². The Morgan fingerprint density at radius 2 is 2.08 bits per heavy atom. The van der Waals surface area contributed by atoms with Gasteiger partial charge in [0.1, 0.15) is 0 Å². The molecule has 1 fully saturated rings. The first-order valence-electron chi connectivity index (χ1n) is 8.38. The van der Waals surface area contributed by atoms with E-state index in [4.69, 9.17) is 5.73 Å². The van der Waals surface area contributed by atoms with Crippen LogP contribution >= 0.6 is 0 Å². The summed E-state index contributed by atoms with van der Waals surface area (Å²) in [6.07, 6.45) is 2.54. The summed E-state index contributed by atoms with van der Waals surface area (Å²) in [6.45, 7) is 5.58. The third-order valence-corrected chi connectivity index (χ3v) is 7.05. The van der Waals surface area contributed by atoms with E-state index in [1.165, 1.54) is 11.2 Å². The SMILES string of the molecule is CC(=O)N1CCCc2ccc(S(=O)(=O)N3CCC(C)(CN)C3)cc21. The molecule has 0 bridgehead atoms. The molecule has 3 rings (SSSR count). The summed E-state index contributed by atoms with van der Waals surface area (Å²) in [5.41, 5.74) is 7.39. The van der Waals surface area contributed by atoms with Crippen LogP contribution in [0.25, 0.3) is 0 Å². The van der Waals surface area contributed by atoms with E-state index in [1.54, 1.807) is 17.0 Å². The minimum Gasteiger partial charge on any atom is -0.330 e. The predicted octanol–water partition coefficient (Wildman–Crippen LogP) is 1.35. The first kappa shape index (κ1) is 17.4. The van der Waals surface area contributed by atoms with Crippen LogP contribution in [0.3, 0.4) is 0 Å². The van der Waals surface area contributed by atoms with Gasteiger partial charge in [0.05, 0.1) is 4.90 Å². The smallest absolute Gasteiger partial charge is 0.243 e. The van der Waals surface area contributed by atoms with E-state index in [9.17, 15) is 13.2 Å². The summed E-state index contributed by atoms with van der Waals surface area (Å²) in [7, 11) is -3.56. The van der Waals surface area contributed by atoms with Crippen molar-refractivity contribution in [2.45, 2.75) is 38.0 Å². The van der Waals surface area contributed by atoms with Crippen LogP contribution in [0.4, 0.5) is 5.69 Å². The number of nitrogens with two attached hydrogens (primary N) is 1. The second kappa shape index (κ2) is 6.13. The predicted molar refractivity (Wildman–Crippen MR) is 93.3 cm³/mol. The molecule has 1 aromatic rings. The Labute approximate surface area is 143 Å². The zero-order chi connectivity index (χ0) is 17.5. The minimum absolute atomic E-state index is 0.0534. The van der Waals surface area contributed by atoms with E-state index in [2.05, 4.69) is 0 Å². The van der Waals surface area contributed by atoms with Crippen LogP contribution in [-0.2, 0) is 21.2 Å². The van der Waals surface area contributed by atoms with E-state index in [0.29, 0.717) is 26.2 Å². The monoisotopic (exact) mass is 351 g/mol. The number of nitrogens with zero attached hydrogens (tertiary/aromatic N) is 2. The molecule has 2 aliphatic rings. The van der Waals surface area contributed by atoms with Crippen molar-refractivity contribution in [2.24, 2.45) is 11.1 Å². The average Bonchev–Trinajstić information content (AvgIpc) is 2.97. The minimum atomic E-state index is -3.56. The lowest BCUT2D eigenvalue weighted by molar-refractivity contribution is -0.116. The number of sulfonamides is 1. The third-order valence-electron chi connectivity index (χ3n) is 5.21. The van der Waals surface area contributed by atoms with Gasteiger partial charge in [-0.05, 0) is 48.9 Å². The fourth-order valence-electron chi connectivity index (χ4n) is 3.54. The lowest BCUT2D eigenvalue weighted by atomic mass is 9.90. The van der Waals surface area contributed by atoms with Crippen LogP contribution in [0.2, 0.25) is 0 Å². The fourth-order valence-corrected chi connectivity index (χ4v) is 5.15. The maximum absolute atomic E-state index is 13.0. The van der Waals surface area contributed by atoms with Crippen molar-refractivity contribution in [3.8, 4) is 0 Å². The molecule has 7 heteroatoms. The Hall–Kier alpha value is -1.44. The molecule has 132 valence electrons. The van der Waals surface area contributed by atoms with Gasteiger partial charge >= 0.3 is 0 Å². The van der Waals surface area contributed by atoms with Crippen LogP contribution in [0.1, 0.15) is 32.3 Å². The van der Waals surface area contributed by atoms with Crippen molar-refractivity contribution in [1.82, 2.24) is 4.31 Å². The van der Waals surface area contributed by atoms with Gasteiger partial charge in [0.25, 0.3) is 0 Å². The molecule has 6 nitrogen and oxygen atoms in total. The largest absolute Gasteiger partial charge is 0.330 e. The second-order valence-corrected chi connectivity index (χ2v) is 9.11. The van der Waals surface area contributed by atoms with Crippen LogP contribution in [0.15, 0.2) is 23.1 Å². The lowest BCUT2D eigenvalue weighted by Crippen LogP contribution is -2.35. The van der Waals surface area contributed by atoms with Crippen LogP contribution < -0.4 is 10.6 Å². The van der Waals surface area contributed by atoms with Crippen LogP contribution in [-0.4, -0.2) is 44.8 Å². The fraction of sp³-hybridized carbons (Fsp3) is 0.588. The van der Waals surface area contributed by atoms with Crippen molar-refractivity contribution in [1.29, 1.82) is 0 Å². The molecule has 1 amide bonds. The highest BCUT2D eigenvalue weighted by atomic mass is 32.2. The molecule has 24 heavy (non-hydrogen) atoms. The molecule has 1 saturated heterocycles. The summed E-state index contributed by atoms with van der Waals surface area (Å²) in [5.74, 6) is -0.0534. The maximum Gasteiger partial charge on any atom is 0.243 e.